The Hall–Kier alpha value is -0.320. The van der Waals surface area contributed by atoms with Crippen molar-refractivity contribution in [3.63, 3.8) is 0 Å². The van der Waals surface area contributed by atoms with Gasteiger partial charge >= 0.3 is 0 Å². The Morgan fingerprint density at radius 3 is 2.81 bits per heavy atom. The van der Waals surface area contributed by atoms with Gasteiger partial charge in [0.2, 0.25) is 5.91 Å². The van der Waals surface area contributed by atoms with E-state index < -0.39 is 6.10 Å². The number of rotatable bonds is 5. The van der Waals surface area contributed by atoms with Gasteiger partial charge in [0.1, 0.15) is 0 Å². The van der Waals surface area contributed by atoms with E-state index in [4.69, 9.17) is 0 Å². The maximum Gasteiger partial charge on any atom is 0.237 e. The van der Waals surface area contributed by atoms with Gasteiger partial charge in [0.15, 0.2) is 0 Å². The molecule has 3 unspecified atom stereocenters. The fraction of sp³-hybridized carbons (Fsp3) is 0.909. The van der Waals surface area contributed by atoms with Gasteiger partial charge in [-0.2, -0.15) is 0 Å². The summed E-state index contributed by atoms with van der Waals surface area (Å²) in [6, 6.07) is -0.0471. The topological polar surface area (TPSA) is 61.4 Å². The number of carbonyl (C=O) groups is 1. The van der Waals surface area contributed by atoms with Gasteiger partial charge in [-0.3, -0.25) is 4.79 Å². The molecule has 3 atom stereocenters. The highest BCUT2D eigenvalue weighted by molar-refractivity contribution is 5.85. The largest absolute Gasteiger partial charge is 0.391 e. The van der Waals surface area contributed by atoms with E-state index in [2.05, 4.69) is 10.6 Å². The molecule has 0 aromatic rings. The highest BCUT2D eigenvalue weighted by atomic mass is 35.5. The van der Waals surface area contributed by atoms with Crippen LogP contribution < -0.4 is 10.6 Å². The number of amides is 1. The summed E-state index contributed by atoms with van der Waals surface area (Å²) in [5.74, 6) is 0.261. The van der Waals surface area contributed by atoms with Crippen molar-refractivity contribution in [2.45, 2.75) is 45.3 Å². The van der Waals surface area contributed by atoms with Crippen molar-refractivity contribution in [3.05, 3.63) is 0 Å². The molecule has 5 heteroatoms. The summed E-state index contributed by atoms with van der Waals surface area (Å²) in [6.07, 6.45) is 2.47. The summed E-state index contributed by atoms with van der Waals surface area (Å²) in [6.45, 7) is 5.32. The molecule has 3 N–H and O–H groups in total. The van der Waals surface area contributed by atoms with Gasteiger partial charge in [-0.15, -0.1) is 12.4 Å². The summed E-state index contributed by atoms with van der Waals surface area (Å²) in [7, 11) is 0. The van der Waals surface area contributed by atoms with Crippen LogP contribution in [0.4, 0.5) is 0 Å². The van der Waals surface area contributed by atoms with Crippen molar-refractivity contribution in [1.82, 2.24) is 10.6 Å². The Balaban J connectivity index is 0.00000225. The predicted molar refractivity (Wildman–Crippen MR) is 66.7 cm³/mol. The van der Waals surface area contributed by atoms with Gasteiger partial charge < -0.3 is 15.7 Å². The van der Waals surface area contributed by atoms with Crippen molar-refractivity contribution in [1.29, 1.82) is 0 Å². The number of halogens is 1. The summed E-state index contributed by atoms with van der Waals surface area (Å²) >= 11 is 0. The number of hydrogen-bond donors (Lipinski definition) is 3. The molecule has 1 rings (SSSR count). The summed E-state index contributed by atoms with van der Waals surface area (Å²) in [5, 5.41) is 15.6. The van der Waals surface area contributed by atoms with Crippen LogP contribution >= 0.6 is 12.4 Å². The minimum Gasteiger partial charge on any atom is -0.391 e. The van der Waals surface area contributed by atoms with E-state index in [9.17, 15) is 9.90 Å². The number of nitrogens with one attached hydrogen (secondary N) is 2. The molecule has 96 valence electrons. The summed E-state index contributed by atoms with van der Waals surface area (Å²) < 4.78 is 0. The average molecular weight is 251 g/mol. The van der Waals surface area contributed by atoms with Crippen LogP contribution in [0.2, 0.25) is 0 Å². The minimum atomic E-state index is -0.430. The molecule has 4 nitrogen and oxygen atoms in total. The highest BCUT2D eigenvalue weighted by Crippen LogP contribution is 2.07. The van der Waals surface area contributed by atoms with Gasteiger partial charge in [-0.1, -0.05) is 20.3 Å². The van der Waals surface area contributed by atoms with Crippen LogP contribution in [0.3, 0.4) is 0 Å². The Bertz CT molecular complexity index is 208. The quantitative estimate of drug-likeness (QED) is 0.673. The zero-order valence-electron chi connectivity index (χ0n) is 10.0. The van der Waals surface area contributed by atoms with Crippen molar-refractivity contribution >= 4 is 18.3 Å². The van der Waals surface area contributed by atoms with E-state index in [0.29, 0.717) is 6.54 Å². The Labute approximate surface area is 104 Å². The first kappa shape index (κ1) is 15.7. The molecule has 1 aliphatic heterocycles. The molecule has 1 aliphatic rings. The molecule has 0 radical (unpaired) electrons. The minimum absolute atomic E-state index is 0. The number of hydrogen-bond acceptors (Lipinski definition) is 3. The number of aliphatic hydroxyl groups is 1. The lowest BCUT2D eigenvalue weighted by Crippen LogP contribution is -2.44. The summed E-state index contributed by atoms with van der Waals surface area (Å²) in [4.78, 5) is 11.6. The first-order valence-corrected chi connectivity index (χ1v) is 5.84. The van der Waals surface area contributed by atoms with Gasteiger partial charge in [-0.05, 0) is 25.3 Å². The molecule has 1 saturated heterocycles. The van der Waals surface area contributed by atoms with Crippen molar-refractivity contribution in [2.75, 3.05) is 13.1 Å². The lowest BCUT2D eigenvalue weighted by molar-refractivity contribution is -0.123. The van der Waals surface area contributed by atoms with Crippen LogP contribution in [0.5, 0.6) is 0 Å². The Morgan fingerprint density at radius 1 is 1.62 bits per heavy atom. The summed E-state index contributed by atoms with van der Waals surface area (Å²) in [5.41, 5.74) is 0. The zero-order chi connectivity index (χ0) is 11.3. The maximum absolute atomic E-state index is 11.6. The molecule has 0 spiro atoms. The van der Waals surface area contributed by atoms with E-state index in [1.807, 2.05) is 13.8 Å². The van der Waals surface area contributed by atoms with E-state index >= 15 is 0 Å². The smallest absolute Gasteiger partial charge is 0.237 e. The second kappa shape index (κ2) is 7.87. The normalized spacial score (nSPS) is 23.3. The van der Waals surface area contributed by atoms with Crippen LogP contribution in [-0.2, 0) is 4.79 Å². The van der Waals surface area contributed by atoms with Gasteiger partial charge in [0.05, 0.1) is 12.1 Å². The SMILES string of the molecule is CCC(C)C(O)CNC(=O)C1CCCN1.Cl. The Kier molecular flexibility index (Phi) is 7.72. The lowest BCUT2D eigenvalue weighted by atomic mass is 10.0. The lowest BCUT2D eigenvalue weighted by Gasteiger charge is -2.19. The highest BCUT2D eigenvalue weighted by Gasteiger charge is 2.22. The molecular formula is C11H23ClN2O2. The fourth-order valence-corrected chi connectivity index (χ4v) is 1.71. The molecule has 1 fully saturated rings. The van der Waals surface area contributed by atoms with E-state index in [-0.39, 0.29) is 30.3 Å². The van der Waals surface area contributed by atoms with Crippen LogP contribution in [0.1, 0.15) is 33.1 Å². The fourth-order valence-electron chi connectivity index (χ4n) is 1.71. The van der Waals surface area contributed by atoms with Crippen LogP contribution in [-0.4, -0.2) is 36.2 Å². The standard InChI is InChI=1S/C11H22N2O2.ClH/c1-3-8(2)10(14)7-13-11(15)9-5-4-6-12-9;/h8-10,12,14H,3-7H2,1-2H3,(H,13,15);1H. The molecule has 0 aliphatic carbocycles. The van der Waals surface area contributed by atoms with Gasteiger partial charge in [0.25, 0.3) is 0 Å². The van der Waals surface area contributed by atoms with E-state index in [0.717, 1.165) is 25.8 Å². The predicted octanol–water partition coefficient (Wildman–Crippen LogP) is 0.683. The van der Waals surface area contributed by atoms with Gasteiger partial charge in [0, 0.05) is 6.54 Å². The molecule has 0 aromatic carbocycles. The molecule has 1 heterocycles. The molecule has 1 amide bonds. The van der Waals surface area contributed by atoms with E-state index in [1.165, 1.54) is 0 Å². The monoisotopic (exact) mass is 250 g/mol. The van der Waals surface area contributed by atoms with Crippen molar-refractivity contribution < 1.29 is 9.90 Å². The van der Waals surface area contributed by atoms with Crippen LogP contribution in [0.25, 0.3) is 0 Å². The third-order valence-corrected chi connectivity index (χ3v) is 3.16. The van der Waals surface area contributed by atoms with Crippen molar-refractivity contribution in [2.24, 2.45) is 5.92 Å². The average Bonchev–Trinajstić information content (AvgIpc) is 2.77. The zero-order valence-corrected chi connectivity index (χ0v) is 10.8. The third kappa shape index (κ3) is 4.68. The van der Waals surface area contributed by atoms with E-state index in [1.54, 1.807) is 0 Å². The maximum atomic E-state index is 11.6. The van der Waals surface area contributed by atoms with Crippen LogP contribution in [0.15, 0.2) is 0 Å². The number of carbonyl (C=O) groups excluding carboxylic acids is 1. The molecular weight excluding hydrogens is 228 g/mol. The molecule has 0 aromatic heterocycles. The molecule has 0 bridgehead atoms. The first-order chi connectivity index (χ1) is 7.15. The second-order valence-electron chi connectivity index (χ2n) is 4.35. The van der Waals surface area contributed by atoms with Gasteiger partial charge in [-0.25, -0.2) is 0 Å². The molecule has 0 saturated carbocycles. The third-order valence-electron chi connectivity index (χ3n) is 3.16. The van der Waals surface area contributed by atoms with Crippen LogP contribution in [0, 0.1) is 5.92 Å². The second-order valence-corrected chi connectivity index (χ2v) is 4.35. The Morgan fingerprint density at radius 2 is 2.31 bits per heavy atom. The van der Waals surface area contributed by atoms with Crippen molar-refractivity contribution in [3.8, 4) is 0 Å². The first-order valence-electron chi connectivity index (χ1n) is 5.84. The molecule has 16 heavy (non-hydrogen) atoms. The number of aliphatic hydroxyl groups excluding tert-OH is 1.